The highest BCUT2D eigenvalue weighted by molar-refractivity contribution is 6.22. The number of rotatable bonds is 2. The van der Waals surface area contributed by atoms with Crippen molar-refractivity contribution in [3.8, 4) is 11.4 Å². The zero-order chi connectivity index (χ0) is 25.5. The number of H-pyrrole nitrogens is 1. The molecule has 1 N–H and O–H groups in total. The summed E-state index contributed by atoms with van der Waals surface area (Å²) in [6.07, 6.45) is 0. The lowest BCUT2D eigenvalue weighted by molar-refractivity contribution is 1.16. The molecule has 0 atom stereocenters. The van der Waals surface area contributed by atoms with Gasteiger partial charge in [0, 0.05) is 54.7 Å². The van der Waals surface area contributed by atoms with E-state index in [1.54, 1.807) is 0 Å². The summed E-state index contributed by atoms with van der Waals surface area (Å²) in [5.74, 6) is 0. The Balaban J connectivity index is 1.50. The van der Waals surface area contributed by atoms with Gasteiger partial charge < -0.3 is 14.1 Å². The van der Waals surface area contributed by atoms with Gasteiger partial charge in [0.05, 0.1) is 22.1 Å². The van der Waals surface area contributed by atoms with Crippen LogP contribution in [0.15, 0.2) is 133 Å². The van der Waals surface area contributed by atoms with Gasteiger partial charge in [-0.3, -0.25) is 0 Å². The molecule has 3 aromatic heterocycles. The lowest BCUT2D eigenvalue weighted by atomic mass is 10.1. The van der Waals surface area contributed by atoms with Crippen LogP contribution in [-0.2, 0) is 0 Å². The second kappa shape index (κ2) is 7.62. The van der Waals surface area contributed by atoms with Crippen LogP contribution in [0.25, 0.3) is 76.8 Å². The van der Waals surface area contributed by atoms with E-state index in [2.05, 4.69) is 148 Å². The quantitative estimate of drug-likeness (QED) is 0.246. The van der Waals surface area contributed by atoms with E-state index in [9.17, 15) is 0 Å². The average molecular weight is 498 g/mol. The van der Waals surface area contributed by atoms with Crippen LogP contribution in [0.5, 0.6) is 0 Å². The Morgan fingerprint density at radius 2 is 0.846 bits per heavy atom. The summed E-state index contributed by atoms with van der Waals surface area (Å²) < 4.78 is 4.82. The van der Waals surface area contributed by atoms with Crippen LogP contribution < -0.4 is 0 Å². The molecule has 3 heterocycles. The fourth-order valence-electron chi connectivity index (χ4n) is 6.53. The van der Waals surface area contributed by atoms with E-state index in [4.69, 9.17) is 0 Å². The van der Waals surface area contributed by atoms with Crippen LogP contribution in [0.2, 0.25) is 0 Å². The molecule has 0 amide bonds. The SMILES string of the molecule is c1ccc(-n2c3ccccc3c3cc4c5cc6c(cc5n(-c5ccccc5)c4cc32)[nH]c2ccccc26)cc1. The van der Waals surface area contributed by atoms with E-state index in [0.717, 1.165) is 11.2 Å². The first-order valence-electron chi connectivity index (χ1n) is 13.4. The fourth-order valence-corrected chi connectivity index (χ4v) is 6.53. The first-order valence-corrected chi connectivity index (χ1v) is 13.4. The van der Waals surface area contributed by atoms with Crippen molar-refractivity contribution in [3.63, 3.8) is 0 Å². The zero-order valence-electron chi connectivity index (χ0n) is 21.1. The fraction of sp³-hybridized carbons (Fsp3) is 0. The maximum atomic E-state index is 3.66. The number of hydrogen-bond donors (Lipinski definition) is 1. The molecule has 3 heteroatoms. The van der Waals surface area contributed by atoms with Crippen molar-refractivity contribution >= 4 is 65.4 Å². The summed E-state index contributed by atoms with van der Waals surface area (Å²) >= 11 is 0. The van der Waals surface area contributed by atoms with Crippen LogP contribution >= 0.6 is 0 Å². The molecular formula is C36H23N3. The number of aromatic amines is 1. The number of hydrogen-bond acceptors (Lipinski definition) is 0. The Kier molecular flexibility index (Phi) is 4.05. The minimum Gasteiger partial charge on any atom is -0.354 e. The average Bonchev–Trinajstić information content (AvgIpc) is 3.62. The number of benzene rings is 6. The molecule has 0 bridgehead atoms. The Morgan fingerprint density at radius 3 is 1.56 bits per heavy atom. The number of aromatic nitrogens is 3. The second-order valence-corrected chi connectivity index (χ2v) is 10.3. The van der Waals surface area contributed by atoms with Crippen molar-refractivity contribution < 1.29 is 0 Å². The van der Waals surface area contributed by atoms with Gasteiger partial charge in [-0.25, -0.2) is 0 Å². The standard InChI is InChI=1S/C36H23N3/c1-3-11-23(12-4-1)38-33-18-10-8-16-26(33)28-20-30-29-19-27-25-15-7-9-17-31(25)37-32(27)21-34(29)39(36(30)22-35(28)38)24-13-5-2-6-14-24/h1-22,37H. The van der Waals surface area contributed by atoms with Crippen LogP contribution in [0, 0.1) is 0 Å². The van der Waals surface area contributed by atoms with Gasteiger partial charge in [-0.15, -0.1) is 0 Å². The van der Waals surface area contributed by atoms with Gasteiger partial charge in [0.2, 0.25) is 0 Å². The number of nitrogens with zero attached hydrogens (tertiary/aromatic N) is 2. The summed E-state index contributed by atoms with van der Waals surface area (Å²) in [5, 5.41) is 7.60. The molecule has 182 valence electrons. The third-order valence-corrected chi connectivity index (χ3v) is 8.21. The lowest BCUT2D eigenvalue weighted by Gasteiger charge is -2.10. The summed E-state index contributed by atoms with van der Waals surface area (Å²) in [6.45, 7) is 0. The maximum absolute atomic E-state index is 3.66. The number of fused-ring (bicyclic) bond motifs is 9. The summed E-state index contributed by atoms with van der Waals surface area (Å²) in [6, 6.07) is 48.2. The maximum Gasteiger partial charge on any atom is 0.0562 e. The highest BCUT2D eigenvalue weighted by Crippen LogP contribution is 2.41. The van der Waals surface area contributed by atoms with Gasteiger partial charge in [0.25, 0.3) is 0 Å². The molecule has 9 aromatic rings. The summed E-state index contributed by atoms with van der Waals surface area (Å²) in [7, 11) is 0. The third kappa shape index (κ3) is 2.82. The van der Waals surface area contributed by atoms with Gasteiger partial charge in [-0.1, -0.05) is 72.8 Å². The molecule has 0 radical (unpaired) electrons. The van der Waals surface area contributed by atoms with E-state index in [1.165, 1.54) is 65.6 Å². The Hall–Kier alpha value is -5.28. The van der Waals surface area contributed by atoms with E-state index in [-0.39, 0.29) is 0 Å². The predicted octanol–water partition coefficient (Wildman–Crippen LogP) is 9.52. The van der Waals surface area contributed by atoms with Crippen molar-refractivity contribution in [1.82, 2.24) is 14.1 Å². The molecule has 0 aliphatic rings. The van der Waals surface area contributed by atoms with Gasteiger partial charge in [0.15, 0.2) is 0 Å². The zero-order valence-corrected chi connectivity index (χ0v) is 21.1. The van der Waals surface area contributed by atoms with Crippen LogP contribution in [0.3, 0.4) is 0 Å². The number of para-hydroxylation sites is 4. The largest absolute Gasteiger partial charge is 0.354 e. The van der Waals surface area contributed by atoms with Gasteiger partial charge in [-0.2, -0.15) is 0 Å². The summed E-state index contributed by atoms with van der Waals surface area (Å²) in [4.78, 5) is 3.66. The Bertz CT molecular complexity index is 2370. The van der Waals surface area contributed by atoms with Gasteiger partial charge in [-0.05, 0) is 60.7 Å². The first-order chi connectivity index (χ1) is 19.3. The van der Waals surface area contributed by atoms with Crippen molar-refractivity contribution in [3.05, 3.63) is 133 Å². The Labute approximate surface area is 224 Å². The highest BCUT2D eigenvalue weighted by Gasteiger charge is 2.19. The van der Waals surface area contributed by atoms with Crippen LogP contribution in [-0.4, -0.2) is 14.1 Å². The Morgan fingerprint density at radius 1 is 0.333 bits per heavy atom. The van der Waals surface area contributed by atoms with Gasteiger partial charge in [0.1, 0.15) is 0 Å². The lowest BCUT2D eigenvalue weighted by Crippen LogP contribution is -1.95. The molecule has 6 aromatic carbocycles. The van der Waals surface area contributed by atoms with Crippen molar-refractivity contribution in [2.45, 2.75) is 0 Å². The van der Waals surface area contributed by atoms with E-state index in [0.29, 0.717) is 0 Å². The normalized spacial score (nSPS) is 12.1. The van der Waals surface area contributed by atoms with E-state index < -0.39 is 0 Å². The molecule has 0 spiro atoms. The van der Waals surface area contributed by atoms with E-state index in [1.807, 2.05) is 0 Å². The van der Waals surface area contributed by atoms with Crippen LogP contribution in [0.4, 0.5) is 0 Å². The first kappa shape index (κ1) is 20.7. The summed E-state index contributed by atoms with van der Waals surface area (Å²) in [5.41, 5.74) is 9.52. The van der Waals surface area contributed by atoms with Gasteiger partial charge >= 0.3 is 0 Å². The minimum atomic E-state index is 1.16. The molecule has 0 fully saturated rings. The smallest absolute Gasteiger partial charge is 0.0562 e. The third-order valence-electron chi connectivity index (χ3n) is 8.21. The molecule has 0 saturated heterocycles. The molecule has 0 unspecified atom stereocenters. The monoisotopic (exact) mass is 497 g/mol. The molecule has 0 saturated carbocycles. The van der Waals surface area contributed by atoms with Crippen molar-refractivity contribution in [2.24, 2.45) is 0 Å². The van der Waals surface area contributed by atoms with Crippen LogP contribution in [0.1, 0.15) is 0 Å². The molecule has 0 aliphatic carbocycles. The molecule has 39 heavy (non-hydrogen) atoms. The van der Waals surface area contributed by atoms with E-state index >= 15 is 0 Å². The molecular weight excluding hydrogens is 474 g/mol. The topological polar surface area (TPSA) is 25.6 Å². The highest BCUT2D eigenvalue weighted by atomic mass is 15.0. The van der Waals surface area contributed by atoms with Crippen molar-refractivity contribution in [1.29, 1.82) is 0 Å². The second-order valence-electron chi connectivity index (χ2n) is 10.3. The minimum absolute atomic E-state index is 1.16. The molecule has 0 aliphatic heterocycles. The van der Waals surface area contributed by atoms with Crippen molar-refractivity contribution in [2.75, 3.05) is 0 Å². The molecule has 9 rings (SSSR count). The number of nitrogens with one attached hydrogen (secondary N) is 1. The predicted molar refractivity (Wildman–Crippen MR) is 164 cm³/mol. The molecule has 3 nitrogen and oxygen atoms in total.